The van der Waals surface area contributed by atoms with Crippen molar-refractivity contribution in [2.24, 2.45) is 11.8 Å². The molecule has 16 heavy (non-hydrogen) atoms. The maximum Gasteiger partial charge on any atom is 0.321 e. The summed E-state index contributed by atoms with van der Waals surface area (Å²) in [5.74, 6) is -3.07. The first kappa shape index (κ1) is 14.4. The first-order valence-corrected chi connectivity index (χ1v) is 5.24. The third kappa shape index (κ3) is 4.78. The molecule has 0 radical (unpaired) electrons. The van der Waals surface area contributed by atoms with E-state index in [-0.39, 0.29) is 12.0 Å². The first-order valence-electron chi connectivity index (χ1n) is 5.24. The lowest BCUT2D eigenvalue weighted by Crippen LogP contribution is -2.25. The number of ether oxygens (including phenoxy) is 1. The Labute approximate surface area is 95.0 Å². The summed E-state index contributed by atoms with van der Waals surface area (Å²) in [7, 11) is 0. The summed E-state index contributed by atoms with van der Waals surface area (Å²) < 4.78 is 5.09. The van der Waals surface area contributed by atoms with Crippen LogP contribution >= 0.6 is 0 Å². The second kappa shape index (κ2) is 6.83. The first-order chi connectivity index (χ1) is 7.42. The third-order valence-corrected chi connectivity index (χ3v) is 2.25. The Morgan fingerprint density at radius 2 is 2.00 bits per heavy atom. The summed E-state index contributed by atoms with van der Waals surface area (Å²) in [4.78, 5) is 21.9. The SMILES string of the molecule is CCC(OC(=O)CC(C#N)C(=O)O)C(C)C. The van der Waals surface area contributed by atoms with Gasteiger partial charge in [0.25, 0.3) is 0 Å². The van der Waals surface area contributed by atoms with Crippen molar-refractivity contribution in [1.82, 2.24) is 0 Å². The highest BCUT2D eigenvalue weighted by molar-refractivity contribution is 5.80. The lowest BCUT2D eigenvalue weighted by atomic mass is 10.0. The number of carboxylic acid groups (broad SMARTS) is 1. The zero-order chi connectivity index (χ0) is 12.7. The number of carbonyl (C=O) groups is 2. The molecule has 0 fully saturated rings. The number of rotatable bonds is 6. The number of carboxylic acids is 1. The van der Waals surface area contributed by atoms with E-state index >= 15 is 0 Å². The van der Waals surface area contributed by atoms with Crippen molar-refractivity contribution in [2.75, 3.05) is 0 Å². The van der Waals surface area contributed by atoms with E-state index in [1.54, 1.807) is 6.07 Å². The third-order valence-electron chi connectivity index (χ3n) is 2.25. The number of aliphatic carboxylic acids is 1. The molecule has 1 N–H and O–H groups in total. The van der Waals surface area contributed by atoms with Crippen LogP contribution in [0.5, 0.6) is 0 Å². The Kier molecular flexibility index (Phi) is 6.16. The van der Waals surface area contributed by atoms with E-state index in [9.17, 15) is 9.59 Å². The minimum atomic E-state index is -1.32. The van der Waals surface area contributed by atoms with Crippen LogP contribution < -0.4 is 0 Å². The Hall–Kier alpha value is -1.57. The molecule has 0 aromatic rings. The summed E-state index contributed by atoms with van der Waals surface area (Å²) in [5, 5.41) is 17.1. The lowest BCUT2D eigenvalue weighted by Gasteiger charge is -2.19. The van der Waals surface area contributed by atoms with E-state index in [1.165, 1.54) is 0 Å². The fourth-order valence-corrected chi connectivity index (χ4v) is 1.26. The highest BCUT2D eigenvalue weighted by atomic mass is 16.5. The van der Waals surface area contributed by atoms with Crippen molar-refractivity contribution in [3.05, 3.63) is 0 Å². The topological polar surface area (TPSA) is 87.4 Å². The largest absolute Gasteiger partial charge is 0.480 e. The molecule has 2 unspecified atom stereocenters. The second-order valence-electron chi connectivity index (χ2n) is 3.90. The highest BCUT2D eigenvalue weighted by Gasteiger charge is 2.24. The van der Waals surface area contributed by atoms with Crippen LogP contribution in [-0.4, -0.2) is 23.1 Å². The van der Waals surface area contributed by atoms with E-state index in [1.807, 2.05) is 20.8 Å². The van der Waals surface area contributed by atoms with E-state index in [4.69, 9.17) is 15.1 Å². The molecular weight excluding hydrogens is 210 g/mol. The van der Waals surface area contributed by atoms with Crippen LogP contribution in [0.3, 0.4) is 0 Å². The molecule has 2 atom stereocenters. The minimum Gasteiger partial charge on any atom is -0.480 e. The quantitative estimate of drug-likeness (QED) is 0.696. The monoisotopic (exact) mass is 227 g/mol. The number of hydrogen-bond donors (Lipinski definition) is 1. The zero-order valence-electron chi connectivity index (χ0n) is 9.77. The predicted molar refractivity (Wildman–Crippen MR) is 56.4 cm³/mol. The molecule has 5 heteroatoms. The smallest absolute Gasteiger partial charge is 0.321 e. The van der Waals surface area contributed by atoms with Gasteiger partial charge in [-0.15, -0.1) is 0 Å². The van der Waals surface area contributed by atoms with E-state index in [2.05, 4.69) is 0 Å². The average molecular weight is 227 g/mol. The number of carbonyl (C=O) groups excluding carboxylic acids is 1. The Morgan fingerprint density at radius 3 is 2.31 bits per heavy atom. The molecule has 0 spiro atoms. The summed E-state index contributed by atoms with van der Waals surface area (Å²) in [6.07, 6.45) is 0.0589. The van der Waals surface area contributed by atoms with Crippen molar-refractivity contribution < 1.29 is 19.4 Å². The molecule has 0 rings (SSSR count). The summed E-state index contributed by atoms with van der Waals surface area (Å²) >= 11 is 0. The number of hydrogen-bond acceptors (Lipinski definition) is 4. The molecule has 0 saturated heterocycles. The van der Waals surface area contributed by atoms with Gasteiger partial charge in [0, 0.05) is 0 Å². The summed E-state index contributed by atoms with van der Waals surface area (Å²) in [6, 6.07) is 1.55. The van der Waals surface area contributed by atoms with Crippen molar-refractivity contribution >= 4 is 11.9 Å². The normalized spacial score (nSPS) is 13.9. The number of esters is 1. The molecule has 0 aliphatic rings. The molecule has 0 aliphatic carbocycles. The van der Waals surface area contributed by atoms with Gasteiger partial charge in [0.15, 0.2) is 5.92 Å². The van der Waals surface area contributed by atoms with E-state index in [0.29, 0.717) is 6.42 Å². The van der Waals surface area contributed by atoms with Crippen LogP contribution in [0.1, 0.15) is 33.6 Å². The predicted octanol–water partition coefficient (Wildman–Crippen LogP) is 1.58. The molecule has 0 aromatic carbocycles. The van der Waals surface area contributed by atoms with Gasteiger partial charge in [0.05, 0.1) is 12.5 Å². The Morgan fingerprint density at radius 1 is 1.44 bits per heavy atom. The number of nitriles is 1. The fraction of sp³-hybridized carbons (Fsp3) is 0.727. The van der Waals surface area contributed by atoms with Gasteiger partial charge in [-0.05, 0) is 12.3 Å². The molecular formula is C11H17NO4. The molecule has 0 aromatic heterocycles. The summed E-state index contributed by atoms with van der Waals surface area (Å²) in [5.41, 5.74) is 0. The van der Waals surface area contributed by atoms with Gasteiger partial charge in [0.2, 0.25) is 0 Å². The van der Waals surface area contributed by atoms with Gasteiger partial charge in [-0.2, -0.15) is 5.26 Å². The van der Waals surface area contributed by atoms with Crippen LogP contribution in [0.25, 0.3) is 0 Å². The molecule has 5 nitrogen and oxygen atoms in total. The minimum absolute atomic E-state index is 0.180. The van der Waals surface area contributed by atoms with Gasteiger partial charge >= 0.3 is 11.9 Å². The van der Waals surface area contributed by atoms with Crippen molar-refractivity contribution in [3.63, 3.8) is 0 Å². The van der Waals surface area contributed by atoms with Crippen molar-refractivity contribution in [2.45, 2.75) is 39.7 Å². The van der Waals surface area contributed by atoms with Crippen molar-refractivity contribution in [3.8, 4) is 6.07 Å². The van der Waals surface area contributed by atoms with Crippen LogP contribution in [0, 0.1) is 23.2 Å². The van der Waals surface area contributed by atoms with Crippen LogP contribution in [0.15, 0.2) is 0 Å². The number of nitrogens with zero attached hydrogens (tertiary/aromatic N) is 1. The molecule has 0 amide bonds. The van der Waals surface area contributed by atoms with Gasteiger partial charge in [-0.25, -0.2) is 0 Å². The highest BCUT2D eigenvalue weighted by Crippen LogP contribution is 2.13. The summed E-state index contributed by atoms with van der Waals surface area (Å²) in [6.45, 7) is 5.72. The molecule has 0 saturated carbocycles. The molecule has 0 bridgehead atoms. The van der Waals surface area contributed by atoms with E-state index < -0.39 is 24.3 Å². The standard InChI is InChI=1S/C11H17NO4/c1-4-9(7(2)3)16-10(13)5-8(6-12)11(14)15/h7-9H,4-5H2,1-3H3,(H,14,15). The maximum absolute atomic E-state index is 11.4. The van der Waals surface area contributed by atoms with Crippen LogP contribution in [-0.2, 0) is 14.3 Å². The van der Waals surface area contributed by atoms with Gasteiger partial charge in [-0.3, -0.25) is 9.59 Å². The maximum atomic E-state index is 11.4. The van der Waals surface area contributed by atoms with Crippen LogP contribution in [0.4, 0.5) is 0 Å². The van der Waals surface area contributed by atoms with Crippen LogP contribution in [0.2, 0.25) is 0 Å². The molecule has 90 valence electrons. The molecule has 0 heterocycles. The van der Waals surface area contributed by atoms with Crippen molar-refractivity contribution in [1.29, 1.82) is 5.26 Å². The zero-order valence-corrected chi connectivity index (χ0v) is 9.77. The van der Waals surface area contributed by atoms with Gasteiger partial charge in [0.1, 0.15) is 6.10 Å². The van der Waals surface area contributed by atoms with Gasteiger partial charge < -0.3 is 9.84 Å². The fourth-order valence-electron chi connectivity index (χ4n) is 1.26. The molecule has 0 aliphatic heterocycles. The Balaban J connectivity index is 4.27. The van der Waals surface area contributed by atoms with E-state index in [0.717, 1.165) is 0 Å². The second-order valence-corrected chi connectivity index (χ2v) is 3.90. The van der Waals surface area contributed by atoms with Gasteiger partial charge in [-0.1, -0.05) is 20.8 Å². The lowest BCUT2D eigenvalue weighted by molar-refractivity contribution is -0.155. The average Bonchev–Trinajstić information content (AvgIpc) is 2.21. The Bertz CT molecular complexity index is 293.